The molecule has 8 nitrogen and oxygen atoms in total. The van der Waals surface area contributed by atoms with Crippen LogP contribution in [0.5, 0.6) is 0 Å². The van der Waals surface area contributed by atoms with E-state index in [0.29, 0.717) is 17.3 Å². The summed E-state index contributed by atoms with van der Waals surface area (Å²) < 4.78 is 1.88. The molecule has 8 heteroatoms. The van der Waals surface area contributed by atoms with E-state index in [2.05, 4.69) is 33.3 Å². The summed E-state index contributed by atoms with van der Waals surface area (Å²) in [5.74, 6) is 1.60. The number of hydrogen-bond donors (Lipinski definition) is 3. The molecule has 172 valence electrons. The van der Waals surface area contributed by atoms with Crippen LogP contribution in [0, 0.1) is 5.41 Å². The lowest BCUT2D eigenvalue weighted by atomic mass is 10.0. The number of aryl methyl sites for hydroxylation is 1. The summed E-state index contributed by atoms with van der Waals surface area (Å²) in [4.78, 5) is 12.0. The van der Waals surface area contributed by atoms with Gasteiger partial charge < -0.3 is 16.0 Å². The van der Waals surface area contributed by atoms with Crippen molar-refractivity contribution < 1.29 is 0 Å². The highest BCUT2D eigenvalue weighted by Crippen LogP contribution is 2.44. The fourth-order valence-corrected chi connectivity index (χ4v) is 4.59. The smallest absolute Gasteiger partial charge is 0.132 e. The summed E-state index contributed by atoms with van der Waals surface area (Å²) in [6.07, 6.45) is 10.2. The number of hydrogen-bond acceptors (Lipinski definition) is 7. The largest absolute Gasteiger partial charge is 0.386 e. The van der Waals surface area contributed by atoms with E-state index in [4.69, 9.17) is 16.1 Å². The van der Waals surface area contributed by atoms with Crippen LogP contribution >= 0.6 is 0 Å². The second-order valence-electron chi connectivity index (χ2n) is 9.06. The van der Waals surface area contributed by atoms with E-state index in [1.165, 1.54) is 18.4 Å². The average molecular weight is 445 g/mol. The number of nitrogens with two attached hydrogens (primary N) is 1. The molecule has 5 rings (SSSR count). The van der Waals surface area contributed by atoms with Gasteiger partial charge in [-0.1, -0.05) is 6.07 Å². The van der Waals surface area contributed by atoms with Crippen LogP contribution in [-0.2, 0) is 6.54 Å². The molecule has 0 unspecified atom stereocenters. The second kappa shape index (κ2) is 8.94. The monoisotopic (exact) mass is 444 g/mol. The molecule has 0 radical (unpaired) electrons. The summed E-state index contributed by atoms with van der Waals surface area (Å²) in [5, 5.41) is 16.6. The van der Waals surface area contributed by atoms with Crippen LogP contribution in [0.25, 0.3) is 11.3 Å². The molecule has 1 aliphatic carbocycles. The van der Waals surface area contributed by atoms with Crippen molar-refractivity contribution in [3.63, 3.8) is 0 Å². The Labute approximate surface area is 194 Å². The predicted octanol–water partition coefficient (Wildman–Crippen LogP) is 3.62. The van der Waals surface area contributed by atoms with Crippen molar-refractivity contribution in [1.29, 1.82) is 5.41 Å². The van der Waals surface area contributed by atoms with Crippen molar-refractivity contribution in [3.05, 3.63) is 53.6 Å². The zero-order valence-corrected chi connectivity index (χ0v) is 19.4. The van der Waals surface area contributed by atoms with Gasteiger partial charge in [-0.15, -0.1) is 0 Å². The number of nitrogens with one attached hydrogen (secondary N) is 2. The van der Waals surface area contributed by atoms with Gasteiger partial charge in [-0.2, -0.15) is 5.10 Å². The van der Waals surface area contributed by atoms with Gasteiger partial charge in [-0.05, 0) is 56.2 Å². The first kappa shape index (κ1) is 21.6. The Bertz CT molecular complexity index is 1160. The molecule has 0 spiro atoms. The molecule has 3 aromatic rings. The molecule has 0 aromatic carbocycles. The van der Waals surface area contributed by atoms with E-state index in [-0.39, 0.29) is 6.04 Å². The minimum Gasteiger partial charge on any atom is -0.386 e. The molecule has 4 heterocycles. The number of rotatable bonds is 7. The third-order valence-electron chi connectivity index (χ3n) is 6.63. The van der Waals surface area contributed by atoms with Crippen molar-refractivity contribution in [2.45, 2.75) is 51.1 Å². The van der Waals surface area contributed by atoms with Crippen LogP contribution in [-0.4, -0.2) is 51.6 Å². The van der Waals surface area contributed by atoms with Gasteiger partial charge in [0, 0.05) is 50.0 Å². The Hall–Kier alpha value is -3.26. The maximum atomic E-state index is 9.06. The van der Waals surface area contributed by atoms with E-state index in [1.54, 1.807) is 6.20 Å². The van der Waals surface area contributed by atoms with Gasteiger partial charge in [0.05, 0.1) is 35.2 Å². The Morgan fingerprint density at radius 2 is 2.09 bits per heavy atom. The zero-order valence-electron chi connectivity index (χ0n) is 19.4. The van der Waals surface area contributed by atoms with Gasteiger partial charge in [-0.3, -0.25) is 15.1 Å². The van der Waals surface area contributed by atoms with Gasteiger partial charge in [-0.25, -0.2) is 4.98 Å². The number of aromatic nitrogens is 4. The summed E-state index contributed by atoms with van der Waals surface area (Å²) in [5.41, 5.74) is 12.0. The molecule has 1 atom stereocenters. The van der Waals surface area contributed by atoms with E-state index < -0.39 is 0 Å². The van der Waals surface area contributed by atoms with Crippen molar-refractivity contribution in [2.75, 3.05) is 30.4 Å². The maximum Gasteiger partial charge on any atom is 0.132 e. The summed E-state index contributed by atoms with van der Waals surface area (Å²) in [7, 11) is 1.85. The van der Waals surface area contributed by atoms with E-state index in [9.17, 15) is 0 Å². The highest BCUT2D eigenvalue weighted by molar-refractivity contribution is 6.13. The normalized spacial score (nSPS) is 18.4. The molecule has 0 bridgehead atoms. The lowest BCUT2D eigenvalue weighted by Gasteiger charge is -2.33. The molecule has 4 N–H and O–H groups in total. The molecule has 1 saturated heterocycles. The predicted molar refractivity (Wildman–Crippen MR) is 132 cm³/mol. The van der Waals surface area contributed by atoms with Crippen LogP contribution in [0.15, 0.2) is 36.8 Å². The van der Waals surface area contributed by atoms with Crippen molar-refractivity contribution >= 4 is 17.2 Å². The molecular formula is C25H32N8. The lowest BCUT2D eigenvalue weighted by molar-refractivity contribution is 0.502. The van der Waals surface area contributed by atoms with Crippen LogP contribution < -0.4 is 16.0 Å². The fourth-order valence-electron chi connectivity index (χ4n) is 4.59. The highest BCUT2D eigenvalue weighted by Gasteiger charge is 2.30. The first-order chi connectivity index (χ1) is 16.1. The molecule has 0 amide bonds. The Morgan fingerprint density at radius 3 is 2.79 bits per heavy atom. The van der Waals surface area contributed by atoms with Gasteiger partial charge >= 0.3 is 0 Å². The van der Waals surface area contributed by atoms with Gasteiger partial charge in [0.2, 0.25) is 0 Å². The molecule has 3 aromatic heterocycles. The molecule has 33 heavy (non-hydrogen) atoms. The molecular weight excluding hydrogens is 412 g/mol. The van der Waals surface area contributed by atoms with Crippen molar-refractivity contribution in [3.8, 4) is 11.3 Å². The Kier molecular flexibility index (Phi) is 5.85. The topological polar surface area (TPSA) is 109 Å². The van der Waals surface area contributed by atoms with Gasteiger partial charge in [0.15, 0.2) is 0 Å². The fraction of sp³-hybridized carbons (Fsp3) is 0.440. The van der Waals surface area contributed by atoms with Crippen LogP contribution in [0.2, 0.25) is 0 Å². The first-order valence-electron chi connectivity index (χ1n) is 11.9. The van der Waals surface area contributed by atoms with Crippen molar-refractivity contribution in [1.82, 2.24) is 19.7 Å². The van der Waals surface area contributed by atoms with E-state index >= 15 is 0 Å². The van der Waals surface area contributed by atoms with Crippen LogP contribution in [0.1, 0.15) is 55.3 Å². The Morgan fingerprint density at radius 1 is 1.24 bits per heavy atom. The number of anilines is 2. The van der Waals surface area contributed by atoms with Gasteiger partial charge in [0.25, 0.3) is 0 Å². The summed E-state index contributed by atoms with van der Waals surface area (Å²) in [6, 6.07) is 6.31. The SMILES string of the molecule is CCn1cc(-c2cc(C(=N)c3ccc(C4CC4)c(N4CCC[C@H](N)C4)n3)c(NC)cn2)cn1. The highest BCUT2D eigenvalue weighted by atomic mass is 15.3. The third-order valence-corrected chi connectivity index (χ3v) is 6.63. The number of piperidine rings is 1. The lowest BCUT2D eigenvalue weighted by Crippen LogP contribution is -2.43. The summed E-state index contributed by atoms with van der Waals surface area (Å²) >= 11 is 0. The van der Waals surface area contributed by atoms with E-state index in [0.717, 1.165) is 60.8 Å². The van der Waals surface area contributed by atoms with Crippen LogP contribution in [0.4, 0.5) is 11.5 Å². The average Bonchev–Trinajstić information content (AvgIpc) is 3.59. The Balaban J connectivity index is 1.52. The first-order valence-corrected chi connectivity index (χ1v) is 11.9. The van der Waals surface area contributed by atoms with Crippen LogP contribution in [0.3, 0.4) is 0 Å². The quantitative estimate of drug-likeness (QED) is 0.480. The molecule has 2 aliphatic rings. The maximum absolute atomic E-state index is 9.06. The minimum absolute atomic E-state index is 0.179. The molecule has 2 fully saturated rings. The summed E-state index contributed by atoms with van der Waals surface area (Å²) in [6.45, 7) is 4.66. The number of nitrogens with zero attached hydrogens (tertiary/aromatic N) is 5. The third kappa shape index (κ3) is 4.35. The zero-order chi connectivity index (χ0) is 22.9. The standard InChI is InChI=1S/C25H32N8/c1-3-33-14-17(12-30-33)22-11-20(23(28-2)13-29-22)24(27)21-9-8-19(16-6-7-16)25(31-21)32-10-4-5-18(26)15-32/h8-9,11-14,16,18,27-28H,3-7,10,15,26H2,1-2H3/t18-/m0/s1. The van der Waals surface area contributed by atoms with E-state index in [1.807, 2.05) is 36.3 Å². The van der Waals surface area contributed by atoms with Gasteiger partial charge in [0.1, 0.15) is 5.82 Å². The number of pyridine rings is 2. The second-order valence-corrected chi connectivity index (χ2v) is 9.06. The molecule has 1 saturated carbocycles. The molecule has 1 aliphatic heterocycles. The van der Waals surface area contributed by atoms with Crippen molar-refractivity contribution in [2.24, 2.45) is 5.73 Å². The minimum atomic E-state index is 0.179.